The van der Waals surface area contributed by atoms with Gasteiger partial charge in [-0.3, -0.25) is 0 Å². The lowest BCUT2D eigenvalue weighted by Crippen LogP contribution is -2.27. The van der Waals surface area contributed by atoms with Gasteiger partial charge < -0.3 is 0 Å². The average Bonchev–Trinajstić information content (AvgIpc) is 2.48. The molecule has 0 bridgehead atoms. The Balaban J connectivity index is 1.89. The van der Waals surface area contributed by atoms with Crippen LogP contribution in [0.2, 0.25) is 16.4 Å². The smallest absolute Gasteiger partial charge is 0.110 e. The van der Waals surface area contributed by atoms with Gasteiger partial charge in [-0.25, -0.2) is 0 Å². The molecule has 0 N–H and O–H groups in total. The molecule has 0 aromatic heterocycles. The molecule has 0 unspecified atom stereocenters. The Bertz CT molecular complexity index is 672. The first-order valence-corrected chi connectivity index (χ1v) is 7.38. The maximum Gasteiger partial charge on any atom is 0.204 e. The maximum atomic E-state index is 6.25. The summed E-state index contributed by atoms with van der Waals surface area (Å²) in [6, 6.07) is 14.2. The molecule has 3 rings (SSSR count). The molecule has 1 aliphatic rings. The first-order chi connectivity index (χ1) is 9.74. The predicted octanol–water partition coefficient (Wildman–Crippen LogP) is 5.03. The van der Waals surface area contributed by atoms with E-state index in [2.05, 4.69) is 48.5 Å². The van der Waals surface area contributed by atoms with Crippen molar-refractivity contribution in [3.05, 3.63) is 76.7 Å². The zero-order valence-electron chi connectivity index (χ0n) is 10.9. The molecule has 98 valence electrons. The number of benzene rings is 2. The fraction of sp³-hybridized carbons (Fsp3) is 0.0588. The topological polar surface area (TPSA) is 0 Å². The van der Waals surface area contributed by atoms with Crippen LogP contribution < -0.4 is 5.46 Å². The van der Waals surface area contributed by atoms with E-state index >= 15 is 0 Å². The normalized spacial score (nSPS) is 13.8. The molecular weight excluding hydrogens is 286 g/mol. The van der Waals surface area contributed by atoms with Crippen LogP contribution in [0.3, 0.4) is 0 Å². The Morgan fingerprint density at radius 2 is 1.70 bits per heavy atom. The first kappa shape index (κ1) is 13.5. The summed E-state index contributed by atoms with van der Waals surface area (Å²) in [5, 5.41) is 1.35. The van der Waals surface area contributed by atoms with Crippen molar-refractivity contribution >= 4 is 35.4 Å². The average molecular weight is 299 g/mol. The number of rotatable bonds is 2. The van der Waals surface area contributed by atoms with Gasteiger partial charge in [0.05, 0.1) is 0 Å². The van der Waals surface area contributed by atoms with Crippen LogP contribution in [-0.4, -0.2) is 6.71 Å². The second-order valence-electron chi connectivity index (χ2n) is 4.90. The number of halogens is 2. The van der Waals surface area contributed by atoms with Crippen LogP contribution in [0.1, 0.15) is 0 Å². The highest BCUT2D eigenvalue weighted by Gasteiger charge is 2.13. The minimum absolute atomic E-state index is 0.481. The molecule has 2 aromatic carbocycles. The van der Waals surface area contributed by atoms with Crippen LogP contribution in [-0.2, 0) is 0 Å². The summed E-state index contributed by atoms with van der Waals surface area (Å²) in [4.78, 5) is 0. The van der Waals surface area contributed by atoms with E-state index in [1.807, 2.05) is 12.1 Å². The first-order valence-electron chi connectivity index (χ1n) is 6.63. The van der Waals surface area contributed by atoms with Gasteiger partial charge in [-0.1, -0.05) is 77.2 Å². The Morgan fingerprint density at radius 3 is 2.35 bits per heavy atom. The van der Waals surface area contributed by atoms with E-state index < -0.39 is 0 Å². The standard InChI is InChI=1S/C17H13BCl2/c19-15-8-9-16(17(20)12-15)13-4-6-14(7-5-13)18-10-2-1-3-11-18/h1-10,12H,11H2. The molecule has 0 saturated carbocycles. The zero-order valence-corrected chi connectivity index (χ0v) is 12.4. The SMILES string of the molecule is Clc1ccc(-c2ccc(B3C=CC=CC3)cc2)c(Cl)c1. The third-order valence-corrected chi connectivity index (χ3v) is 4.11. The van der Waals surface area contributed by atoms with Crippen molar-refractivity contribution in [2.45, 2.75) is 6.32 Å². The zero-order chi connectivity index (χ0) is 13.9. The lowest BCUT2D eigenvalue weighted by molar-refractivity contribution is 1.59. The molecule has 0 radical (unpaired) electrons. The van der Waals surface area contributed by atoms with Crippen molar-refractivity contribution in [1.82, 2.24) is 0 Å². The minimum Gasteiger partial charge on any atom is -0.110 e. The molecule has 0 amide bonds. The summed E-state index contributed by atoms with van der Waals surface area (Å²) in [7, 11) is 0. The quantitative estimate of drug-likeness (QED) is 0.682. The van der Waals surface area contributed by atoms with Crippen LogP contribution in [0.25, 0.3) is 11.1 Å². The second-order valence-corrected chi connectivity index (χ2v) is 5.75. The molecule has 0 saturated heterocycles. The van der Waals surface area contributed by atoms with Gasteiger partial charge in [0.15, 0.2) is 0 Å². The van der Waals surface area contributed by atoms with Crippen LogP contribution in [0.5, 0.6) is 0 Å². The Morgan fingerprint density at radius 1 is 0.900 bits per heavy atom. The van der Waals surface area contributed by atoms with Gasteiger partial charge in [0.25, 0.3) is 0 Å². The van der Waals surface area contributed by atoms with Crippen molar-refractivity contribution in [3.8, 4) is 11.1 Å². The van der Waals surface area contributed by atoms with E-state index in [0.717, 1.165) is 17.4 Å². The second kappa shape index (κ2) is 5.91. The van der Waals surface area contributed by atoms with E-state index in [1.54, 1.807) is 6.07 Å². The van der Waals surface area contributed by atoms with Gasteiger partial charge in [0.1, 0.15) is 0 Å². The molecule has 0 aliphatic carbocycles. The maximum absolute atomic E-state index is 6.25. The van der Waals surface area contributed by atoms with Gasteiger partial charge in [-0.2, -0.15) is 0 Å². The predicted molar refractivity (Wildman–Crippen MR) is 90.4 cm³/mol. The van der Waals surface area contributed by atoms with Crippen molar-refractivity contribution in [2.75, 3.05) is 0 Å². The fourth-order valence-corrected chi connectivity index (χ4v) is 2.98. The van der Waals surface area contributed by atoms with Crippen molar-refractivity contribution < 1.29 is 0 Å². The van der Waals surface area contributed by atoms with Crippen molar-refractivity contribution in [3.63, 3.8) is 0 Å². The third-order valence-electron chi connectivity index (χ3n) is 3.56. The van der Waals surface area contributed by atoms with Crippen LogP contribution in [0.15, 0.2) is 66.7 Å². The summed E-state index contributed by atoms with van der Waals surface area (Å²) < 4.78 is 0. The molecule has 1 heterocycles. The summed E-state index contributed by atoms with van der Waals surface area (Å²) in [5.41, 5.74) is 3.46. The highest BCUT2D eigenvalue weighted by molar-refractivity contribution is 6.78. The Labute approximate surface area is 129 Å². The van der Waals surface area contributed by atoms with Gasteiger partial charge >= 0.3 is 0 Å². The molecule has 20 heavy (non-hydrogen) atoms. The molecule has 1 aliphatic heterocycles. The lowest BCUT2D eigenvalue weighted by Gasteiger charge is -2.11. The van der Waals surface area contributed by atoms with Crippen LogP contribution in [0.4, 0.5) is 0 Å². The monoisotopic (exact) mass is 298 g/mol. The van der Waals surface area contributed by atoms with E-state index in [0.29, 0.717) is 16.8 Å². The van der Waals surface area contributed by atoms with Crippen LogP contribution in [0, 0.1) is 0 Å². The molecule has 2 aromatic rings. The summed E-state index contributed by atoms with van der Waals surface area (Å²) in [6.45, 7) is 0.481. The highest BCUT2D eigenvalue weighted by atomic mass is 35.5. The number of allylic oxidation sites excluding steroid dienone is 3. The van der Waals surface area contributed by atoms with E-state index in [1.165, 1.54) is 5.46 Å². The molecule has 0 spiro atoms. The lowest BCUT2D eigenvalue weighted by atomic mass is 9.42. The highest BCUT2D eigenvalue weighted by Crippen LogP contribution is 2.29. The van der Waals surface area contributed by atoms with Crippen molar-refractivity contribution in [2.24, 2.45) is 0 Å². The number of hydrogen-bond donors (Lipinski definition) is 0. The largest absolute Gasteiger partial charge is 0.204 e. The molecule has 0 nitrogen and oxygen atoms in total. The summed E-state index contributed by atoms with van der Waals surface area (Å²) in [6.07, 6.45) is 7.47. The van der Waals surface area contributed by atoms with Gasteiger partial charge in [-0.15, -0.1) is 5.98 Å². The van der Waals surface area contributed by atoms with E-state index in [9.17, 15) is 0 Å². The molecule has 0 fully saturated rings. The van der Waals surface area contributed by atoms with Crippen LogP contribution >= 0.6 is 23.2 Å². The van der Waals surface area contributed by atoms with Crippen molar-refractivity contribution in [1.29, 1.82) is 0 Å². The minimum atomic E-state index is 0.481. The Hall–Kier alpha value is -1.44. The third kappa shape index (κ3) is 2.84. The summed E-state index contributed by atoms with van der Waals surface area (Å²) in [5.74, 6) is 2.24. The van der Waals surface area contributed by atoms with Gasteiger partial charge in [-0.05, 0) is 24.0 Å². The van der Waals surface area contributed by atoms with E-state index in [-0.39, 0.29) is 0 Å². The summed E-state index contributed by atoms with van der Waals surface area (Å²) >= 11 is 12.2. The molecular formula is C17H13BCl2. The Kier molecular flexibility index (Phi) is 4.00. The van der Waals surface area contributed by atoms with Gasteiger partial charge in [0, 0.05) is 15.6 Å². The van der Waals surface area contributed by atoms with Gasteiger partial charge in [0.2, 0.25) is 6.71 Å². The molecule has 0 atom stereocenters. The van der Waals surface area contributed by atoms with E-state index in [4.69, 9.17) is 23.2 Å². The fourth-order valence-electron chi connectivity index (χ4n) is 2.46. The number of hydrogen-bond acceptors (Lipinski definition) is 0. The molecule has 3 heteroatoms.